The average molecular weight is 340 g/mol. The van der Waals surface area contributed by atoms with Crippen LogP contribution in [0.25, 0.3) is 22.7 Å². The van der Waals surface area contributed by atoms with E-state index < -0.39 is 0 Å². The highest BCUT2D eigenvalue weighted by Gasteiger charge is 2.09. The first-order chi connectivity index (χ1) is 10.2. The van der Waals surface area contributed by atoms with Crippen LogP contribution in [0.1, 0.15) is 11.4 Å². The molecule has 0 aliphatic heterocycles. The molecule has 5 heteroatoms. The van der Waals surface area contributed by atoms with Crippen molar-refractivity contribution in [3.05, 3.63) is 58.3 Å². The zero-order valence-electron chi connectivity index (χ0n) is 10.8. The van der Waals surface area contributed by atoms with Crippen LogP contribution >= 0.6 is 15.9 Å². The molecule has 0 amide bonds. The van der Waals surface area contributed by atoms with Crippen molar-refractivity contribution < 1.29 is 5.11 Å². The van der Waals surface area contributed by atoms with E-state index in [0.29, 0.717) is 17.0 Å². The number of nitriles is 1. The number of aromatic amines is 1. The van der Waals surface area contributed by atoms with Crippen molar-refractivity contribution in [1.29, 1.82) is 5.26 Å². The number of aromatic nitrogens is 2. The molecule has 0 saturated carbocycles. The molecule has 3 aromatic rings. The zero-order chi connectivity index (χ0) is 14.8. The summed E-state index contributed by atoms with van der Waals surface area (Å²) in [6.45, 7) is 0. The molecule has 2 N–H and O–H groups in total. The Bertz CT molecular complexity index is 857. The third kappa shape index (κ3) is 2.67. The number of aromatic hydroxyl groups is 1. The number of hydrogen-bond donors (Lipinski definition) is 2. The molecule has 2 aromatic carbocycles. The molecular weight excluding hydrogens is 330 g/mol. The first kappa shape index (κ1) is 13.4. The molecule has 0 unspecified atom stereocenters. The lowest BCUT2D eigenvalue weighted by atomic mass is 10.1. The van der Waals surface area contributed by atoms with Crippen molar-refractivity contribution in [2.75, 3.05) is 0 Å². The Hall–Kier alpha value is -2.58. The molecule has 102 valence electrons. The number of allylic oxidation sites excluding steroid dienone is 1. The number of H-pyrrole nitrogens is 1. The van der Waals surface area contributed by atoms with Crippen LogP contribution in [0.3, 0.4) is 0 Å². The normalized spacial score (nSPS) is 11.5. The molecule has 0 aliphatic carbocycles. The summed E-state index contributed by atoms with van der Waals surface area (Å²) in [4.78, 5) is 7.53. The Kier molecular flexibility index (Phi) is 3.46. The van der Waals surface area contributed by atoms with Gasteiger partial charge >= 0.3 is 0 Å². The second-order valence-electron chi connectivity index (χ2n) is 4.48. The molecule has 0 atom stereocenters. The Morgan fingerprint density at radius 2 is 2.10 bits per heavy atom. The number of fused-ring (bicyclic) bond motifs is 1. The van der Waals surface area contributed by atoms with E-state index >= 15 is 0 Å². The molecule has 4 nitrogen and oxygen atoms in total. The van der Waals surface area contributed by atoms with Gasteiger partial charge in [0, 0.05) is 4.47 Å². The summed E-state index contributed by atoms with van der Waals surface area (Å²) < 4.78 is 0.796. The van der Waals surface area contributed by atoms with Gasteiger partial charge in [0.15, 0.2) is 0 Å². The molecule has 0 radical (unpaired) electrons. The van der Waals surface area contributed by atoms with E-state index in [1.54, 1.807) is 24.3 Å². The smallest absolute Gasteiger partial charge is 0.149 e. The van der Waals surface area contributed by atoms with Crippen LogP contribution in [0.15, 0.2) is 46.9 Å². The standard InChI is InChI=1S/C16H10BrN3O/c17-13-6-5-12(21)8-10(13)7-11(9-18)16-19-14-3-1-2-4-15(14)20-16/h1-8,21H,(H,19,20)/b11-7+. The fourth-order valence-corrected chi connectivity index (χ4v) is 2.39. The number of imidazole rings is 1. The molecule has 3 rings (SSSR count). The van der Waals surface area contributed by atoms with Crippen molar-refractivity contribution in [3.63, 3.8) is 0 Å². The van der Waals surface area contributed by atoms with E-state index in [4.69, 9.17) is 0 Å². The Balaban J connectivity index is 2.11. The highest BCUT2D eigenvalue weighted by molar-refractivity contribution is 9.10. The summed E-state index contributed by atoms with van der Waals surface area (Å²) in [5.41, 5.74) is 2.80. The second-order valence-corrected chi connectivity index (χ2v) is 5.33. The van der Waals surface area contributed by atoms with E-state index in [1.165, 1.54) is 0 Å². The topological polar surface area (TPSA) is 72.7 Å². The van der Waals surface area contributed by atoms with Crippen LogP contribution in [0.2, 0.25) is 0 Å². The van der Waals surface area contributed by atoms with Crippen LogP contribution in [-0.2, 0) is 0 Å². The molecular formula is C16H10BrN3O. The summed E-state index contributed by atoms with van der Waals surface area (Å²) >= 11 is 3.40. The van der Waals surface area contributed by atoms with Gasteiger partial charge in [0.2, 0.25) is 0 Å². The first-order valence-corrected chi connectivity index (χ1v) is 7.02. The molecule has 1 heterocycles. The molecule has 0 aliphatic rings. The number of nitrogens with zero attached hydrogens (tertiary/aromatic N) is 2. The van der Waals surface area contributed by atoms with Crippen LogP contribution in [-0.4, -0.2) is 15.1 Å². The first-order valence-electron chi connectivity index (χ1n) is 6.23. The number of para-hydroxylation sites is 2. The van der Waals surface area contributed by atoms with Crippen molar-refractivity contribution in [2.24, 2.45) is 0 Å². The van der Waals surface area contributed by atoms with Gasteiger partial charge in [-0.25, -0.2) is 4.98 Å². The van der Waals surface area contributed by atoms with Crippen LogP contribution < -0.4 is 0 Å². The summed E-state index contributed by atoms with van der Waals surface area (Å²) in [5.74, 6) is 0.653. The summed E-state index contributed by atoms with van der Waals surface area (Å²) in [7, 11) is 0. The van der Waals surface area contributed by atoms with Gasteiger partial charge < -0.3 is 10.1 Å². The third-order valence-electron chi connectivity index (χ3n) is 3.04. The largest absolute Gasteiger partial charge is 0.508 e. The van der Waals surface area contributed by atoms with Gasteiger partial charge in [0.05, 0.1) is 16.6 Å². The van der Waals surface area contributed by atoms with Gasteiger partial charge in [-0.1, -0.05) is 28.1 Å². The summed E-state index contributed by atoms with van der Waals surface area (Å²) in [6.07, 6.45) is 1.68. The number of benzene rings is 2. The van der Waals surface area contributed by atoms with Crippen LogP contribution in [0.5, 0.6) is 5.75 Å². The van der Waals surface area contributed by atoms with Gasteiger partial charge in [0.25, 0.3) is 0 Å². The molecule has 0 saturated heterocycles. The minimum atomic E-state index is 0.145. The van der Waals surface area contributed by atoms with E-state index in [1.807, 2.05) is 24.3 Å². The van der Waals surface area contributed by atoms with Gasteiger partial charge in [0.1, 0.15) is 17.6 Å². The molecule has 0 bridgehead atoms. The molecule has 21 heavy (non-hydrogen) atoms. The fraction of sp³-hybridized carbons (Fsp3) is 0. The fourth-order valence-electron chi connectivity index (χ4n) is 2.03. The molecule has 1 aromatic heterocycles. The van der Waals surface area contributed by atoms with Crippen LogP contribution in [0.4, 0.5) is 0 Å². The van der Waals surface area contributed by atoms with Gasteiger partial charge in [-0.15, -0.1) is 0 Å². The highest BCUT2D eigenvalue weighted by Crippen LogP contribution is 2.26. The van der Waals surface area contributed by atoms with Gasteiger partial charge in [-0.2, -0.15) is 5.26 Å². The number of halogens is 1. The number of hydrogen-bond acceptors (Lipinski definition) is 3. The van der Waals surface area contributed by atoms with E-state index in [9.17, 15) is 10.4 Å². The van der Waals surface area contributed by atoms with Crippen molar-refractivity contribution in [1.82, 2.24) is 9.97 Å². The lowest BCUT2D eigenvalue weighted by Crippen LogP contribution is -1.85. The van der Waals surface area contributed by atoms with E-state index in [0.717, 1.165) is 15.5 Å². The van der Waals surface area contributed by atoms with Gasteiger partial charge in [-0.3, -0.25) is 0 Å². The molecule has 0 spiro atoms. The zero-order valence-corrected chi connectivity index (χ0v) is 12.4. The maximum absolute atomic E-state index is 9.55. The number of rotatable bonds is 2. The quantitative estimate of drug-likeness (QED) is 0.690. The number of phenolic OH excluding ortho intramolecular Hbond substituents is 1. The Labute approximate surface area is 129 Å². The maximum atomic E-state index is 9.55. The SMILES string of the molecule is N#C/C(=C\c1cc(O)ccc1Br)c1nc2ccccc2[nH]1. The molecule has 0 fully saturated rings. The maximum Gasteiger partial charge on any atom is 0.149 e. The third-order valence-corrected chi connectivity index (χ3v) is 3.77. The lowest BCUT2D eigenvalue weighted by molar-refractivity contribution is 0.475. The second kappa shape index (κ2) is 5.43. The van der Waals surface area contributed by atoms with E-state index in [-0.39, 0.29) is 5.75 Å². The average Bonchev–Trinajstić information content (AvgIpc) is 2.91. The van der Waals surface area contributed by atoms with Crippen LogP contribution in [0, 0.1) is 11.3 Å². The predicted molar refractivity (Wildman–Crippen MR) is 85.4 cm³/mol. The number of phenols is 1. The van der Waals surface area contributed by atoms with Gasteiger partial charge in [-0.05, 0) is 42.0 Å². The lowest BCUT2D eigenvalue weighted by Gasteiger charge is -2.00. The highest BCUT2D eigenvalue weighted by atomic mass is 79.9. The summed E-state index contributed by atoms with van der Waals surface area (Å²) in [5, 5.41) is 18.9. The van der Waals surface area contributed by atoms with Crippen molar-refractivity contribution in [3.8, 4) is 11.8 Å². The van der Waals surface area contributed by atoms with Crippen molar-refractivity contribution in [2.45, 2.75) is 0 Å². The minimum absolute atomic E-state index is 0.145. The predicted octanol–water partition coefficient (Wildman–Crippen LogP) is 4.10. The Morgan fingerprint density at radius 1 is 1.29 bits per heavy atom. The monoisotopic (exact) mass is 339 g/mol. The Morgan fingerprint density at radius 3 is 2.86 bits per heavy atom. The minimum Gasteiger partial charge on any atom is -0.508 e. The van der Waals surface area contributed by atoms with Crippen molar-refractivity contribution >= 4 is 38.6 Å². The summed E-state index contributed by atoms with van der Waals surface area (Å²) in [6, 6.07) is 14.6. The van der Waals surface area contributed by atoms with E-state index in [2.05, 4.69) is 32.0 Å². The number of nitrogens with one attached hydrogen (secondary N) is 1.